The van der Waals surface area contributed by atoms with E-state index in [1.165, 1.54) is 0 Å². The summed E-state index contributed by atoms with van der Waals surface area (Å²) in [5.74, 6) is -0.0448. The summed E-state index contributed by atoms with van der Waals surface area (Å²) < 4.78 is 61.0. The molecule has 1 heterocycles. The third-order valence-electron chi connectivity index (χ3n) is 4.52. The standard InChI is InChI=1S/C19H21ClF3N3O7/c1-8(28)30-6-14-17(32-9(2)29)16(18(31-7-27)19(20)33-14)26(25)5-13(24)10-3-11(21)15(23)12(22)4-10/h3-5,7,14,16-19H,6,24-25H2,1-2H3/b13-5-. The van der Waals surface area contributed by atoms with Gasteiger partial charge in [0, 0.05) is 25.6 Å². The average molecular weight is 496 g/mol. The van der Waals surface area contributed by atoms with Gasteiger partial charge in [0.25, 0.3) is 6.47 Å². The molecule has 5 unspecified atom stereocenters. The molecule has 1 aromatic rings. The van der Waals surface area contributed by atoms with E-state index in [9.17, 15) is 27.6 Å². The molecule has 0 radical (unpaired) electrons. The van der Waals surface area contributed by atoms with Gasteiger partial charge in [-0.2, -0.15) is 0 Å². The maximum atomic E-state index is 13.6. The number of alkyl halides is 1. The van der Waals surface area contributed by atoms with E-state index in [0.29, 0.717) is 12.1 Å². The van der Waals surface area contributed by atoms with E-state index in [1.807, 2.05) is 0 Å². The molecule has 4 N–H and O–H groups in total. The van der Waals surface area contributed by atoms with E-state index in [-0.39, 0.29) is 17.7 Å². The predicted octanol–water partition coefficient (Wildman–Crippen LogP) is 0.905. The molecule has 182 valence electrons. The molecule has 0 aromatic heterocycles. The SMILES string of the molecule is CC(=O)OCC1OC(Cl)C(OC=O)C(N(N)/C=C(\N)c2cc(F)c(F)c(F)c2)C1OC(C)=O. The number of rotatable bonds is 8. The zero-order valence-electron chi connectivity index (χ0n) is 17.4. The molecule has 0 bridgehead atoms. The number of benzene rings is 1. The van der Waals surface area contributed by atoms with E-state index >= 15 is 0 Å². The Kier molecular flexibility index (Phi) is 8.91. The number of ether oxygens (including phenoxy) is 4. The second-order valence-corrected chi connectivity index (χ2v) is 7.31. The van der Waals surface area contributed by atoms with Crippen LogP contribution < -0.4 is 11.6 Å². The molecular weight excluding hydrogens is 475 g/mol. The van der Waals surface area contributed by atoms with Crippen LogP contribution in [0.3, 0.4) is 0 Å². The lowest BCUT2D eigenvalue weighted by molar-refractivity contribution is -0.213. The van der Waals surface area contributed by atoms with Gasteiger partial charge in [0.05, 0.1) is 5.70 Å². The molecule has 1 aromatic carbocycles. The highest BCUT2D eigenvalue weighted by atomic mass is 35.5. The highest BCUT2D eigenvalue weighted by molar-refractivity contribution is 6.20. The second kappa shape index (κ2) is 11.2. The van der Waals surface area contributed by atoms with Crippen molar-refractivity contribution >= 4 is 35.7 Å². The maximum Gasteiger partial charge on any atom is 0.303 e. The first kappa shape index (κ1) is 26.2. The van der Waals surface area contributed by atoms with Crippen LogP contribution in [0.25, 0.3) is 5.70 Å². The van der Waals surface area contributed by atoms with Crippen LogP contribution in [-0.4, -0.2) is 59.9 Å². The lowest BCUT2D eigenvalue weighted by Crippen LogP contribution is -2.65. The third kappa shape index (κ3) is 6.49. The van der Waals surface area contributed by atoms with Crippen LogP contribution in [0.5, 0.6) is 0 Å². The predicted molar refractivity (Wildman–Crippen MR) is 106 cm³/mol. The molecule has 33 heavy (non-hydrogen) atoms. The molecular formula is C19H21ClF3N3O7. The van der Waals surface area contributed by atoms with Crippen molar-refractivity contribution < 1.29 is 46.5 Å². The highest BCUT2D eigenvalue weighted by Crippen LogP contribution is 2.31. The minimum Gasteiger partial charge on any atom is -0.463 e. The fourth-order valence-electron chi connectivity index (χ4n) is 3.14. The van der Waals surface area contributed by atoms with E-state index in [4.69, 9.17) is 42.1 Å². The van der Waals surface area contributed by atoms with Gasteiger partial charge in [-0.15, -0.1) is 0 Å². The van der Waals surface area contributed by atoms with Gasteiger partial charge in [0.15, 0.2) is 35.2 Å². The zero-order valence-corrected chi connectivity index (χ0v) is 18.1. The number of hydrogen-bond acceptors (Lipinski definition) is 10. The molecule has 1 saturated heterocycles. The molecule has 0 aliphatic carbocycles. The van der Waals surface area contributed by atoms with Gasteiger partial charge < -0.3 is 29.7 Å². The number of nitrogens with two attached hydrogens (primary N) is 2. The molecule has 1 aliphatic heterocycles. The maximum absolute atomic E-state index is 13.6. The van der Waals surface area contributed by atoms with E-state index in [0.717, 1.165) is 25.1 Å². The lowest BCUT2D eigenvalue weighted by Gasteiger charge is -2.45. The molecule has 0 saturated carbocycles. The van der Waals surface area contributed by atoms with Crippen molar-refractivity contribution in [3.63, 3.8) is 0 Å². The fraction of sp³-hybridized carbons (Fsp3) is 0.421. The second-order valence-electron chi connectivity index (χ2n) is 6.88. The Hall–Kier alpha value is -3.03. The van der Waals surface area contributed by atoms with Crippen molar-refractivity contribution in [1.82, 2.24) is 5.01 Å². The Morgan fingerprint density at radius 2 is 1.79 bits per heavy atom. The molecule has 10 nitrogen and oxygen atoms in total. The van der Waals surface area contributed by atoms with Crippen molar-refractivity contribution in [2.24, 2.45) is 11.6 Å². The molecule has 5 atom stereocenters. The summed E-state index contributed by atoms with van der Waals surface area (Å²) in [6.07, 6.45) is -2.81. The van der Waals surface area contributed by atoms with Gasteiger partial charge in [0.2, 0.25) is 0 Å². The largest absolute Gasteiger partial charge is 0.463 e. The Labute approximate surface area is 191 Å². The number of halogens is 4. The summed E-state index contributed by atoms with van der Waals surface area (Å²) in [5, 5.41) is 0.828. The number of nitrogens with zero attached hydrogens (tertiary/aromatic N) is 1. The van der Waals surface area contributed by atoms with Crippen LogP contribution in [0, 0.1) is 17.5 Å². The van der Waals surface area contributed by atoms with E-state index in [1.54, 1.807) is 0 Å². The summed E-state index contributed by atoms with van der Waals surface area (Å²) in [7, 11) is 0. The molecule has 1 fully saturated rings. The van der Waals surface area contributed by atoms with Crippen molar-refractivity contribution in [2.45, 2.75) is 43.8 Å². The van der Waals surface area contributed by atoms with Gasteiger partial charge in [-0.05, 0) is 12.1 Å². The van der Waals surface area contributed by atoms with E-state index in [2.05, 4.69) is 0 Å². The topological polar surface area (TPSA) is 143 Å². The zero-order chi connectivity index (χ0) is 24.9. The first-order chi connectivity index (χ1) is 15.5. The van der Waals surface area contributed by atoms with Gasteiger partial charge in [-0.25, -0.2) is 19.0 Å². The quantitative estimate of drug-likeness (QED) is 0.101. The van der Waals surface area contributed by atoms with Crippen LogP contribution in [0.15, 0.2) is 18.3 Å². The number of carbonyl (C=O) groups is 3. The fourth-order valence-corrected chi connectivity index (χ4v) is 3.48. The number of hydrazine groups is 1. The first-order valence-corrected chi connectivity index (χ1v) is 9.74. The molecule has 2 rings (SSSR count). The van der Waals surface area contributed by atoms with Crippen molar-refractivity contribution in [3.05, 3.63) is 41.3 Å². The summed E-state index contributed by atoms with van der Waals surface area (Å²) in [6, 6.07) is 0.0159. The Bertz CT molecular complexity index is 913. The minimum absolute atomic E-state index is 0.0548. The molecule has 1 aliphatic rings. The van der Waals surface area contributed by atoms with Gasteiger partial charge in [-0.1, -0.05) is 11.6 Å². The Morgan fingerprint density at radius 3 is 2.30 bits per heavy atom. The van der Waals surface area contributed by atoms with Crippen molar-refractivity contribution in [3.8, 4) is 0 Å². The van der Waals surface area contributed by atoms with Crippen LogP contribution in [0.1, 0.15) is 19.4 Å². The Morgan fingerprint density at radius 1 is 1.18 bits per heavy atom. The van der Waals surface area contributed by atoms with E-state index < -0.39 is 65.9 Å². The van der Waals surface area contributed by atoms with Gasteiger partial charge >= 0.3 is 11.9 Å². The molecule has 14 heteroatoms. The summed E-state index contributed by atoms with van der Waals surface area (Å²) >= 11 is 6.16. The van der Waals surface area contributed by atoms with Gasteiger partial charge in [-0.3, -0.25) is 14.4 Å². The van der Waals surface area contributed by atoms with Gasteiger partial charge in [0.1, 0.15) is 18.8 Å². The lowest BCUT2D eigenvalue weighted by atomic mass is 9.96. The molecule has 0 amide bonds. The number of hydrogen-bond donors (Lipinski definition) is 2. The highest BCUT2D eigenvalue weighted by Gasteiger charge is 2.51. The van der Waals surface area contributed by atoms with Crippen molar-refractivity contribution in [1.29, 1.82) is 0 Å². The first-order valence-electron chi connectivity index (χ1n) is 9.30. The summed E-state index contributed by atoms with van der Waals surface area (Å²) in [4.78, 5) is 34.0. The third-order valence-corrected chi connectivity index (χ3v) is 4.87. The van der Waals surface area contributed by atoms with Crippen LogP contribution in [0.2, 0.25) is 0 Å². The normalized spacial score (nSPS) is 25.2. The average Bonchev–Trinajstić information content (AvgIpc) is 2.72. The van der Waals surface area contributed by atoms with Crippen LogP contribution in [-0.2, 0) is 33.3 Å². The smallest absolute Gasteiger partial charge is 0.303 e. The summed E-state index contributed by atoms with van der Waals surface area (Å²) in [6.45, 7) is 1.87. The monoisotopic (exact) mass is 495 g/mol. The van der Waals surface area contributed by atoms with Crippen LogP contribution in [0.4, 0.5) is 13.2 Å². The minimum atomic E-state index is -1.69. The molecule has 0 spiro atoms. The number of carbonyl (C=O) groups excluding carboxylic acids is 3. The Balaban J connectivity index is 2.46. The van der Waals surface area contributed by atoms with Crippen LogP contribution >= 0.6 is 11.6 Å². The number of esters is 2. The summed E-state index contributed by atoms with van der Waals surface area (Å²) in [5.41, 5.74) is 3.93. The van der Waals surface area contributed by atoms with Crippen molar-refractivity contribution in [2.75, 3.05) is 6.61 Å².